The van der Waals surface area contributed by atoms with E-state index in [1.165, 1.54) is 35.0 Å². The Morgan fingerprint density at radius 2 is 1.96 bits per heavy atom. The predicted molar refractivity (Wildman–Crippen MR) is 80.1 cm³/mol. The second kappa shape index (κ2) is 7.31. The SMILES string of the molecule is O=C(Cn1ccccc1=O)NCC(O)c1cccc(C(F)(F)F)c1. The highest BCUT2D eigenvalue weighted by molar-refractivity contribution is 5.75. The summed E-state index contributed by atoms with van der Waals surface area (Å²) in [5.41, 5.74) is -1.19. The summed E-state index contributed by atoms with van der Waals surface area (Å²) in [6.07, 6.45) is -4.36. The molecule has 0 radical (unpaired) electrons. The largest absolute Gasteiger partial charge is 0.416 e. The van der Waals surface area contributed by atoms with E-state index in [4.69, 9.17) is 0 Å². The lowest BCUT2D eigenvalue weighted by Crippen LogP contribution is -2.34. The van der Waals surface area contributed by atoms with Gasteiger partial charge in [0.25, 0.3) is 5.56 Å². The molecule has 1 heterocycles. The number of nitrogens with zero attached hydrogens (tertiary/aromatic N) is 1. The van der Waals surface area contributed by atoms with Gasteiger partial charge in [-0.25, -0.2) is 0 Å². The van der Waals surface area contributed by atoms with Crippen LogP contribution in [-0.2, 0) is 17.5 Å². The number of halogens is 3. The van der Waals surface area contributed by atoms with Crippen LogP contribution in [0.5, 0.6) is 0 Å². The number of rotatable bonds is 5. The lowest BCUT2D eigenvalue weighted by Gasteiger charge is -2.15. The van der Waals surface area contributed by atoms with Gasteiger partial charge in [0, 0.05) is 18.8 Å². The molecule has 0 aliphatic carbocycles. The summed E-state index contributed by atoms with van der Waals surface area (Å²) in [4.78, 5) is 23.2. The van der Waals surface area contributed by atoms with E-state index >= 15 is 0 Å². The Labute approximate surface area is 135 Å². The van der Waals surface area contributed by atoms with Crippen molar-refractivity contribution in [1.82, 2.24) is 9.88 Å². The van der Waals surface area contributed by atoms with Crippen LogP contribution in [0.2, 0.25) is 0 Å². The molecule has 0 saturated carbocycles. The van der Waals surface area contributed by atoms with Gasteiger partial charge in [0.1, 0.15) is 6.54 Å². The predicted octanol–water partition coefficient (Wildman–Crippen LogP) is 1.72. The number of carbonyl (C=O) groups excluding carboxylic acids is 1. The van der Waals surface area contributed by atoms with Crippen molar-refractivity contribution in [3.05, 3.63) is 70.1 Å². The molecule has 0 saturated heterocycles. The molecular weight excluding hydrogens is 325 g/mol. The number of aromatic nitrogens is 1. The number of amides is 1. The Balaban J connectivity index is 1.96. The van der Waals surface area contributed by atoms with Crippen LogP contribution in [0, 0.1) is 0 Å². The molecule has 0 bridgehead atoms. The standard InChI is InChI=1S/C16H15F3N2O3/c17-16(18,19)12-5-3-4-11(8-12)13(22)9-20-14(23)10-21-7-2-1-6-15(21)24/h1-8,13,22H,9-10H2,(H,20,23). The molecule has 0 spiro atoms. The quantitative estimate of drug-likeness (QED) is 0.871. The van der Waals surface area contributed by atoms with Crippen molar-refractivity contribution in [2.75, 3.05) is 6.54 Å². The molecule has 5 nitrogen and oxygen atoms in total. The summed E-state index contributed by atoms with van der Waals surface area (Å²) in [6, 6.07) is 8.68. The van der Waals surface area contributed by atoms with Crippen molar-refractivity contribution in [1.29, 1.82) is 0 Å². The smallest absolute Gasteiger partial charge is 0.387 e. The second-order valence-electron chi connectivity index (χ2n) is 5.11. The first-order valence-electron chi connectivity index (χ1n) is 7.05. The number of benzene rings is 1. The van der Waals surface area contributed by atoms with Crippen LogP contribution in [0.4, 0.5) is 13.2 Å². The minimum Gasteiger partial charge on any atom is -0.387 e. The Hall–Kier alpha value is -2.61. The fraction of sp³-hybridized carbons (Fsp3) is 0.250. The molecular formula is C16H15F3N2O3. The van der Waals surface area contributed by atoms with Gasteiger partial charge in [-0.3, -0.25) is 9.59 Å². The maximum atomic E-state index is 12.6. The maximum Gasteiger partial charge on any atom is 0.416 e. The number of carbonyl (C=O) groups is 1. The molecule has 2 rings (SSSR count). The van der Waals surface area contributed by atoms with Crippen LogP contribution in [-0.4, -0.2) is 22.1 Å². The molecule has 1 aromatic heterocycles. The summed E-state index contributed by atoms with van der Waals surface area (Å²) in [5, 5.41) is 12.3. The zero-order valence-electron chi connectivity index (χ0n) is 12.5. The van der Waals surface area contributed by atoms with Gasteiger partial charge in [-0.05, 0) is 23.8 Å². The maximum absolute atomic E-state index is 12.6. The van der Waals surface area contributed by atoms with E-state index in [-0.39, 0.29) is 24.2 Å². The highest BCUT2D eigenvalue weighted by Gasteiger charge is 2.30. The first-order chi connectivity index (χ1) is 11.3. The first-order valence-corrected chi connectivity index (χ1v) is 7.05. The third-order valence-corrected chi connectivity index (χ3v) is 3.30. The van der Waals surface area contributed by atoms with Gasteiger partial charge in [-0.15, -0.1) is 0 Å². The zero-order chi connectivity index (χ0) is 17.7. The Morgan fingerprint density at radius 3 is 2.62 bits per heavy atom. The third kappa shape index (κ3) is 4.69. The van der Waals surface area contributed by atoms with Crippen molar-refractivity contribution >= 4 is 5.91 Å². The number of aliphatic hydroxyl groups is 1. The highest BCUT2D eigenvalue weighted by Crippen LogP contribution is 2.30. The van der Waals surface area contributed by atoms with Crippen LogP contribution in [0.3, 0.4) is 0 Å². The zero-order valence-corrected chi connectivity index (χ0v) is 12.5. The lowest BCUT2D eigenvalue weighted by molar-refractivity contribution is -0.137. The van der Waals surface area contributed by atoms with E-state index in [2.05, 4.69) is 5.32 Å². The molecule has 0 aliphatic rings. The number of pyridine rings is 1. The van der Waals surface area contributed by atoms with Gasteiger partial charge in [0.15, 0.2) is 0 Å². The van der Waals surface area contributed by atoms with E-state index in [1.54, 1.807) is 6.07 Å². The normalized spacial score (nSPS) is 12.7. The van der Waals surface area contributed by atoms with Crippen LogP contribution < -0.4 is 10.9 Å². The minimum absolute atomic E-state index is 0.0435. The lowest BCUT2D eigenvalue weighted by atomic mass is 10.1. The van der Waals surface area contributed by atoms with E-state index in [0.717, 1.165) is 12.1 Å². The van der Waals surface area contributed by atoms with Crippen molar-refractivity contribution < 1.29 is 23.1 Å². The van der Waals surface area contributed by atoms with Gasteiger partial charge in [0.05, 0.1) is 11.7 Å². The Kier molecular flexibility index (Phi) is 5.40. The molecule has 1 aromatic carbocycles. The molecule has 8 heteroatoms. The molecule has 24 heavy (non-hydrogen) atoms. The number of nitrogens with one attached hydrogen (secondary N) is 1. The fourth-order valence-electron chi connectivity index (χ4n) is 2.05. The van der Waals surface area contributed by atoms with Crippen molar-refractivity contribution in [3.8, 4) is 0 Å². The number of hydrogen-bond acceptors (Lipinski definition) is 3. The summed E-state index contributed by atoms with van der Waals surface area (Å²) < 4.78 is 39.1. The van der Waals surface area contributed by atoms with E-state index < -0.39 is 23.8 Å². The highest BCUT2D eigenvalue weighted by atomic mass is 19.4. The first kappa shape index (κ1) is 17.7. The second-order valence-corrected chi connectivity index (χ2v) is 5.11. The van der Waals surface area contributed by atoms with Crippen molar-refractivity contribution in [2.45, 2.75) is 18.8 Å². The molecule has 1 atom stereocenters. The van der Waals surface area contributed by atoms with E-state index in [9.17, 15) is 27.9 Å². The van der Waals surface area contributed by atoms with Crippen LogP contribution >= 0.6 is 0 Å². The molecule has 2 aromatic rings. The van der Waals surface area contributed by atoms with Crippen molar-refractivity contribution in [2.24, 2.45) is 0 Å². The average Bonchev–Trinajstić information content (AvgIpc) is 2.54. The fourth-order valence-corrected chi connectivity index (χ4v) is 2.05. The summed E-state index contributed by atoms with van der Waals surface area (Å²) in [6.45, 7) is -0.503. The molecule has 2 N–H and O–H groups in total. The number of aliphatic hydroxyl groups excluding tert-OH is 1. The number of alkyl halides is 3. The number of hydrogen-bond donors (Lipinski definition) is 2. The van der Waals surface area contributed by atoms with Gasteiger partial charge in [0.2, 0.25) is 5.91 Å². The van der Waals surface area contributed by atoms with Crippen LogP contribution in [0.25, 0.3) is 0 Å². The van der Waals surface area contributed by atoms with Gasteiger partial charge < -0.3 is 15.0 Å². The van der Waals surface area contributed by atoms with E-state index in [1.807, 2.05) is 0 Å². The molecule has 1 unspecified atom stereocenters. The summed E-state index contributed by atoms with van der Waals surface area (Å²) in [7, 11) is 0. The topological polar surface area (TPSA) is 71.3 Å². The average molecular weight is 340 g/mol. The molecule has 1 amide bonds. The minimum atomic E-state index is -4.51. The van der Waals surface area contributed by atoms with Crippen molar-refractivity contribution in [3.63, 3.8) is 0 Å². The summed E-state index contributed by atoms with van der Waals surface area (Å²) >= 11 is 0. The van der Waals surface area contributed by atoms with E-state index in [0.29, 0.717) is 0 Å². The van der Waals surface area contributed by atoms with Crippen LogP contribution in [0.15, 0.2) is 53.5 Å². The molecule has 0 aliphatic heterocycles. The van der Waals surface area contributed by atoms with Gasteiger partial charge in [-0.1, -0.05) is 18.2 Å². The van der Waals surface area contributed by atoms with Crippen LogP contribution in [0.1, 0.15) is 17.2 Å². The Morgan fingerprint density at radius 1 is 1.21 bits per heavy atom. The monoisotopic (exact) mass is 340 g/mol. The molecule has 0 fully saturated rings. The Bertz CT molecular complexity index is 771. The summed E-state index contributed by atoms with van der Waals surface area (Å²) in [5.74, 6) is -0.533. The van der Waals surface area contributed by atoms with Gasteiger partial charge in [-0.2, -0.15) is 13.2 Å². The third-order valence-electron chi connectivity index (χ3n) is 3.30. The van der Waals surface area contributed by atoms with Gasteiger partial charge >= 0.3 is 6.18 Å². The molecule has 128 valence electrons.